The fraction of sp³-hybridized carbons (Fsp3) is 0. The van der Waals surface area contributed by atoms with Crippen molar-refractivity contribution < 1.29 is 9.53 Å². The molecule has 17 heavy (non-hydrogen) atoms. The van der Waals surface area contributed by atoms with E-state index in [-0.39, 0.29) is 5.78 Å². The number of halogens is 1. The van der Waals surface area contributed by atoms with Crippen LogP contribution in [0.15, 0.2) is 34.5 Å². The third-order valence-corrected chi connectivity index (χ3v) is 3.11. The van der Waals surface area contributed by atoms with Gasteiger partial charge in [-0.1, -0.05) is 15.9 Å². The van der Waals surface area contributed by atoms with Gasteiger partial charge in [0.1, 0.15) is 5.75 Å². The number of fused-ring (bicyclic) bond motifs is 1. The van der Waals surface area contributed by atoms with Crippen LogP contribution in [0.1, 0.15) is 10.4 Å². The van der Waals surface area contributed by atoms with Gasteiger partial charge in [-0.15, -0.1) is 0 Å². The second kappa shape index (κ2) is 4.30. The normalized spacial score (nSPS) is 21.9. The highest BCUT2D eigenvalue weighted by atomic mass is 79.9. The van der Waals surface area contributed by atoms with Crippen LogP contribution in [0, 0.1) is 31.6 Å². The second-order valence-electron chi connectivity index (χ2n) is 3.80. The molecular formula is C14H8BrO2. The molecule has 0 bridgehead atoms. The summed E-state index contributed by atoms with van der Waals surface area (Å²) in [5, 5.41) is 0. The Kier molecular flexibility index (Phi) is 2.79. The first-order valence-electron chi connectivity index (χ1n) is 5.19. The molecule has 1 aliphatic carbocycles. The highest BCUT2D eigenvalue weighted by Gasteiger charge is 2.29. The molecule has 0 saturated heterocycles. The lowest BCUT2D eigenvalue weighted by Crippen LogP contribution is -2.01. The summed E-state index contributed by atoms with van der Waals surface area (Å²) in [6.07, 6.45) is 9.48. The molecule has 2 nitrogen and oxygen atoms in total. The van der Waals surface area contributed by atoms with Crippen LogP contribution in [-0.4, -0.2) is 5.78 Å². The minimum absolute atomic E-state index is 0.0671. The molecule has 0 spiro atoms. The van der Waals surface area contributed by atoms with Crippen molar-refractivity contribution in [2.45, 2.75) is 0 Å². The average Bonchev–Trinajstić information content (AvgIpc) is 2.91. The minimum atomic E-state index is -0.0671. The van der Waals surface area contributed by atoms with Gasteiger partial charge in [-0.25, -0.2) is 0 Å². The zero-order valence-corrected chi connectivity index (χ0v) is 10.4. The lowest BCUT2D eigenvalue weighted by Gasteiger charge is -2.01. The van der Waals surface area contributed by atoms with Crippen molar-refractivity contribution in [3.8, 4) is 5.75 Å². The lowest BCUT2D eigenvalue weighted by molar-refractivity contribution is 0.101. The Labute approximate surface area is 109 Å². The van der Waals surface area contributed by atoms with Crippen molar-refractivity contribution in [2.75, 3.05) is 0 Å². The van der Waals surface area contributed by atoms with Crippen LogP contribution in [0.5, 0.6) is 5.75 Å². The molecule has 0 unspecified atom stereocenters. The maximum atomic E-state index is 12.1. The number of carbonyl (C=O) groups excluding carboxylic acids is 1. The lowest BCUT2D eigenvalue weighted by atomic mass is 10.0. The van der Waals surface area contributed by atoms with Gasteiger partial charge in [-0.2, -0.15) is 0 Å². The SMILES string of the molecule is O=C1/C(=C/[C]2[CH][CH][CH][CH]2)Oc2ccc(Br)cc21. The first-order valence-corrected chi connectivity index (χ1v) is 5.99. The predicted molar refractivity (Wildman–Crippen MR) is 67.6 cm³/mol. The Morgan fingerprint density at radius 3 is 2.71 bits per heavy atom. The van der Waals surface area contributed by atoms with Gasteiger partial charge < -0.3 is 4.74 Å². The largest absolute Gasteiger partial charge is 0.453 e. The number of carbonyl (C=O) groups is 1. The van der Waals surface area contributed by atoms with Gasteiger partial charge in [-0.05, 0) is 50.0 Å². The highest BCUT2D eigenvalue weighted by Crippen LogP contribution is 2.35. The Hall–Kier alpha value is -1.09. The van der Waals surface area contributed by atoms with E-state index in [4.69, 9.17) is 4.74 Å². The van der Waals surface area contributed by atoms with Crippen molar-refractivity contribution in [1.82, 2.24) is 0 Å². The maximum absolute atomic E-state index is 12.1. The van der Waals surface area contributed by atoms with E-state index in [1.807, 2.05) is 31.7 Å². The summed E-state index contributed by atoms with van der Waals surface area (Å²) in [5.41, 5.74) is 0.609. The molecule has 5 radical (unpaired) electrons. The van der Waals surface area contributed by atoms with E-state index in [9.17, 15) is 4.79 Å². The predicted octanol–water partition coefficient (Wildman–Crippen LogP) is 3.31. The molecular weight excluding hydrogens is 280 g/mol. The summed E-state index contributed by atoms with van der Waals surface area (Å²) in [5.74, 6) is 1.91. The van der Waals surface area contributed by atoms with E-state index in [1.54, 1.807) is 18.2 Å². The topological polar surface area (TPSA) is 26.3 Å². The third-order valence-electron chi connectivity index (χ3n) is 2.62. The summed E-state index contributed by atoms with van der Waals surface area (Å²) < 4.78 is 6.42. The smallest absolute Gasteiger partial charge is 0.231 e. The number of allylic oxidation sites excluding steroid dienone is 2. The molecule has 1 aromatic rings. The van der Waals surface area contributed by atoms with E-state index >= 15 is 0 Å². The van der Waals surface area contributed by atoms with Gasteiger partial charge in [0.2, 0.25) is 5.78 Å². The number of ether oxygens (including phenoxy) is 1. The zero-order valence-electron chi connectivity index (χ0n) is 8.81. The fourth-order valence-corrected chi connectivity index (χ4v) is 2.16. The minimum Gasteiger partial charge on any atom is -0.453 e. The van der Waals surface area contributed by atoms with Crippen LogP contribution in [-0.2, 0) is 0 Å². The van der Waals surface area contributed by atoms with Crippen molar-refractivity contribution in [2.24, 2.45) is 0 Å². The van der Waals surface area contributed by atoms with Gasteiger partial charge in [0.05, 0.1) is 5.56 Å². The number of rotatable bonds is 1. The maximum Gasteiger partial charge on any atom is 0.231 e. The molecule has 1 fully saturated rings. The van der Waals surface area contributed by atoms with Crippen LogP contribution < -0.4 is 4.74 Å². The molecule has 2 aliphatic rings. The van der Waals surface area contributed by atoms with E-state index in [0.29, 0.717) is 17.1 Å². The summed E-state index contributed by atoms with van der Waals surface area (Å²) in [4.78, 5) is 12.1. The van der Waals surface area contributed by atoms with Gasteiger partial charge >= 0.3 is 0 Å². The molecule has 0 amide bonds. The Morgan fingerprint density at radius 2 is 1.94 bits per heavy atom. The monoisotopic (exact) mass is 287 g/mol. The number of hydrogen-bond donors (Lipinski definition) is 0. The van der Waals surface area contributed by atoms with Gasteiger partial charge in [-0.3, -0.25) is 4.79 Å². The zero-order chi connectivity index (χ0) is 11.8. The van der Waals surface area contributed by atoms with Crippen molar-refractivity contribution >= 4 is 21.7 Å². The van der Waals surface area contributed by atoms with E-state index in [1.165, 1.54) is 0 Å². The Morgan fingerprint density at radius 1 is 1.18 bits per heavy atom. The molecule has 83 valence electrons. The number of ketones is 1. The average molecular weight is 288 g/mol. The Bertz CT molecular complexity index is 499. The molecule has 1 aromatic carbocycles. The van der Waals surface area contributed by atoms with Crippen molar-refractivity contribution in [1.29, 1.82) is 0 Å². The number of benzene rings is 1. The molecule has 1 heterocycles. The molecule has 0 atom stereocenters. The standard InChI is InChI=1S/C14H8BrO2/c15-10-5-6-12-11(8-10)14(16)13(17-12)7-9-3-1-2-4-9/h1-8H/b13-7-. The molecule has 3 heteroatoms. The first kappa shape index (κ1) is 11.0. The van der Waals surface area contributed by atoms with Gasteiger partial charge in [0.25, 0.3) is 0 Å². The van der Waals surface area contributed by atoms with Crippen LogP contribution in [0.2, 0.25) is 0 Å². The van der Waals surface area contributed by atoms with Crippen LogP contribution in [0.4, 0.5) is 0 Å². The first-order chi connectivity index (χ1) is 8.24. The fourth-order valence-electron chi connectivity index (χ4n) is 1.80. The summed E-state index contributed by atoms with van der Waals surface area (Å²) in [6, 6.07) is 5.43. The quantitative estimate of drug-likeness (QED) is 0.741. The van der Waals surface area contributed by atoms with Crippen LogP contribution in [0.3, 0.4) is 0 Å². The summed E-state index contributed by atoms with van der Waals surface area (Å²) in [6.45, 7) is 0. The number of hydrogen-bond acceptors (Lipinski definition) is 2. The second-order valence-corrected chi connectivity index (χ2v) is 4.71. The molecule has 1 saturated carbocycles. The molecule has 0 aromatic heterocycles. The Balaban J connectivity index is 1.90. The number of Topliss-reactive ketones (excluding diaryl/α,β-unsaturated/α-hetero) is 1. The van der Waals surface area contributed by atoms with E-state index in [0.717, 1.165) is 10.4 Å². The highest BCUT2D eigenvalue weighted by molar-refractivity contribution is 9.10. The molecule has 3 rings (SSSR count). The molecule has 1 aliphatic heterocycles. The van der Waals surface area contributed by atoms with Gasteiger partial charge in [0.15, 0.2) is 5.76 Å². The van der Waals surface area contributed by atoms with E-state index in [2.05, 4.69) is 15.9 Å². The van der Waals surface area contributed by atoms with Crippen LogP contribution in [0.25, 0.3) is 0 Å². The van der Waals surface area contributed by atoms with Crippen molar-refractivity contribution in [3.63, 3.8) is 0 Å². The molecule has 0 N–H and O–H groups in total. The summed E-state index contributed by atoms with van der Waals surface area (Å²) in [7, 11) is 0. The van der Waals surface area contributed by atoms with Gasteiger partial charge in [0, 0.05) is 10.4 Å². The third kappa shape index (κ3) is 2.04. The summed E-state index contributed by atoms with van der Waals surface area (Å²) >= 11 is 3.35. The van der Waals surface area contributed by atoms with E-state index < -0.39 is 0 Å². The van der Waals surface area contributed by atoms with Crippen LogP contribution >= 0.6 is 15.9 Å². The van der Waals surface area contributed by atoms with Crippen molar-refractivity contribution in [3.05, 3.63) is 71.7 Å².